The third kappa shape index (κ3) is 4.48. The van der Waals surface area contributed by atoms with E-state index in [0.29, 0.717) is 12.8 Å². The second-order valence-corrected chi connectivity index (χ2v) is 5.84. The predicted molar refractivity (Wildman–Crippen MR) is 80.1 cm³/mol. The first-order valence-corrected chi connectivity index (χ1v) is 7.33. The Hall–Kier alpha value is -2.04. The number of benzene rings is 1. The Morgan fingerprint density at radius 2 is 1.95 bits per heavy atom. The average molecular weight is 290 g/mol. The number of carbonyl (C=O) groups excluding carboxylic acids is 1. The predicted octanol–water partition coefficient (Wildman–Crippen LogP) is 2.17. The minimum atomic E-state index is -0.820. The number of carboxylic acid groups (broad SMARTS) is 1. The molecular formula is C16H22N2O3. The maximum absolute atomic E-state index is 11.7. The number of hydrogen-bond acceptors (Lipinski definition) is 2. The molecule has 5 nitrogen and oxygen atoms in total. The molecule has 114 valence electrons. The monoisotopic (exact) mass is 290 g/mol. The quantitative estimate of drug-likeness (QED) is 0.720. The molecule has 0 radical (unpaired) electrons. The second-order valence-electron chi connectivity index (χ2n) is 5.84. The molecule has 1 atom stereocenters. The number of carboxylic acids is 1. The Kier molecular flexibility index (Phi) is 4.83. The van der Waals surface area contributed by atoms with Crippen LogP contribution in [0.15, 0.2) is 30.3 Å². The number of amides is 2. The van der Waals surface area contributed by atoms with Crippen LogP contribution in [-0.4, -0.2) is 29.7 Å². The zero-order valence-electron chi connectivity index (χ0n) is 12.3. The first kappa shape index (κ1) is 15.4. The summed E-state index contributed by atoms with van der Waals surface area (Å²) in [6.07, 6.45) is 3.04. The van der Waals surface area contributed by atoms with E-state index in [1.165, 1.54) is 5.56 Å². The minimum Gasteiger partial charge on any atom is -0.481 e. The van der Waals surface area contributed by atoms with Crippen molar-refractivity contribution in [3.8, 4) is 0 Å². The molecule has 5 heteroatoms. The summed E-state index contributed by atoms with van der Waals surface area (Å²) in [7, 11) is 0. The van der Waals surface area contributed by atoms with Gasteiger partial charge in [0.05, 0.1) is 5.41 Å². The molecule has 2 amide bonds. The third-order valence-electron chi connectivity index (χ3n) is 3.98. The minimum absolute atomic E-state index is 0.0465. The topological polar surface area (TPSA) is 78.4 Å². The van der Waals surface area contributed by atoms with Gasteiger partial charge in [-0.3, -0.25) is 4.79 Å². The van der Waals surface area contributed by atoms with Gasteiger partial charge < -0.3 is 15.7 Å². The molecule has 21 heavy (non-hydrogen) atoms. The van der Waals surface area contributed by atoms with E-state index in [9.17, 15) is 9.59 Å². The Bertz CT molecular complexity index is 498. The maximum atomic E-state index is 11.7. The van der Waals surface area contributed by atoms with E-state index in [2.05, 4.69) is 22.8 Å². The van der Waals surface area contributed by atoms with Gasteiger partial charge in [0.2, 0.25) is 0 Å². The Morgan fingerprint density at radius 1 is 1.29 bits per heavy atom. The summed E-state index contributed by atoms with van der Waals surface area (Å²) in [5, 5.41) is 14.5. The van der Waals surface area contributed by atoms with E-state index in [1.54, 1.807) is 0 Å². The lowest BCUT2D eigenvalue weighted by Gasteiger charge is -2.16. The van der Waals surface area contributed by atoms with Gasteiger partial charge in [0.25, 0.3) is 0 Å². The first-order chi connectivity index (χ1) is 10.0. The fourth-order valence-corrected chi connectivity index (χ4v) is 2.24. The van der Waals surface area contributed by atoms with Gasteiger partial charge in [-0.1, -0.05) is 30.3 Å². The van der Waals surface area contributed by atoms with Crippen molar-refractivity contribution in [3.05, 3.63) is 35.9 Å². The van der Waals surface area contributed by atoms with Crippen LogP contribution in [0.3, 0.4) is 0 Å². The van der Waals surface area contributed by atoms with E-state index in [0.717, 1.165) is 12.8 Å². The van der Waals surface area contributed by atoms with Crippen molar-refractivity contribution in [3.63, 3.8) is 0 Å². The number of carbonyl (C=O) groups is 2. The summed E-state index contributed by atoms with van der Waals surface area (Å²) in [4.78, 5) is 22.8. The molecule has 1 aliphatic rings. The van der Waals surface area contributed by atoms with E-state index in [-0.39, 0.29) is 18.6 Å². The van der Waals surface area contributed by atoms with E-state index < -0.39 is 11.4 Å². The van der Waals surface area contributed by atoms with E-state index in [4.69, 9.17) is 5.11 Å². The van der Waals surface area contributed by atoms with Crippen LogP contribution in [0.5, 0.6) is 0 Å². The van der Waals surface area contributed by atoms with Crippen molar-refractivity contribution in [2.45, 2.75) is 38.6 Å². The van der Waals surface area contributed by atoms with Crippen LogP contribution in [0.4, 0.5) is 4.79 Å². The highest BCUT2D eigenvalue weighted by atomic mass is 16.4. The van der Waals surface area contributed by atoms with Crippen molar-refractivity contribution >= 4 is 12.0 Å². The molecule has 0 saturated heterocycles. The van der Waals surface area contributed by atoms with Gasteiger partial charge in [-0.05, 0) is 38.2 Å². The number of hydrogen-bond donors (Lipinski definition) is 3. The maximum Gasteiger partial charge on any atom is 0.315 e. The highest BCUT2D eigenvalue weighted by molar-refractivity contribution is 5.80. The number of rotatable bonds is 7. The normalized spacial score (nSPS) is 16.8. The van der Waals surface area contributed by atoms with Crippen molar-refractivity contribution in [1.29, 1.82) is 0 Å². The second kappa shape index (κ2) is 6.61. The van der Waals surface area contributed by atoms with Crippen LogP contribution < -0.4 is 10.6 Å². The highest BCUT2D eigenvalue weighted by Gasteiger charge is 2.50. The molecule has 1 fully saturated rings. The lowest BCUT2D eigenvalue weighted by molar-refractivity contribution is -0.143. The standard InChI is InChI=1S/C16H22N2O3/c1-12(7-8-13-5-3-2-4-6-13)18-15(21)17-11-16(9-10-16)14(19)20/h2-6,12H,7-11H2,1H3,(H,19,20)(H2,17,18,21). The molecule has 1 aromatic rings. The first-order valence-electron chi connectivity index (χ1n) is 7.33. The smallest absolute Gasteiger partial charge is 0.315 e. The lowest BCUT2D eigenvalue weighted by Crippen LogP contribution is -2.44. The van der Waals surface area contributed by atoms with Gasteiger partial charge in [0.1, 0.15) is 0 Å². The van der Waals surface area contributed by atoms with Crippen LogP contribution in [0.2, 0.25) is 0 Å². The van der Waals surface area contributed by atoms with Gasteiger partial charge in [-0.2, -0.15) is 0 Å². The third-order valence-corrected chi connectivity index (χ3v) is 3.98. The Morgan fingerprint density at radius 3 is 2.52 bits per heavy atom. The van der Waals surface area contributed by atoms with Gasteiger partial charge in [0, 0.05) is 12.6 Å². The summed E-state index contributed by atoms with van der Waals surface area (Å²) < 4.78 is 0. The van der Waals surface area contributed by atoms with Gasteiger partial charge in [-0.15, -0.1) is 0 Å². The van der Waals surface area contributed by atoms with Gasteiger partial charge >= 0.3 is 12.0 Å². The molecule has 3 N–H and O–H groups in total. The van der Waals surface area contributed by atoms with Gasteiger partial charge in [-0.25, -0.2) is 4.79 Å². The fraction of sp³-hybridized carbons (Fsp3) is 0.500. The van der Waals surface area contributed by atoms with Gasteiger partial charge in [0.15, 0.2) is 0 Å². The Labute approximate surface area is 124 Å². The highest BCUT2D eigenvalue weighted by Crippen LogP contribution is 2.45. The zero-order valence-corrected chi connectivity index (χ0v) is 12.3. The summed E-state index contributed by atoms with van der Waals surface area (Å²) in [6, 6.07) is 9.87. The van der Waals surface area contributed by atoms with E-state index in [1.807, 2.05) is 25.1 Å². The zero-order chi connectivity index (χ0) is 15.3. The molecule has 0 bridgehead atoms. The van der Waals surface area contributed by atoms with Crippen molar-refractivity contribution < 1.29 is 14.7 Å². The van der Waals surface area contributed by atoms with Crippen molar-refractivity contribution in [2.24, 2.45) is 5.41 Å². The van der Waals surface area contributed by atoms with Crippen molar-refractivity contribution in [1.82, 2.24) is 10.6 Å². The number of nitrogens with one attached hydrogen (secondary N) is 2. The van der Waals surface area contributed by atoms with Crippen molar-refractivity contribution in [2.75, 3.05) is 6.54 Å². The number of urea groups is 1. The number of aliphatic carboxylic acids is 1. The van der Waals surface area contributed by atoms with Crippen LogP contribution >= 0.6 is 0 Å². The van der Waals surface area contributed by atoms with Crippen LogP contribution in [0.25, 0.3) is 0 Å². The van der Waals surface area contributed by atoms with Crippen LogP contribution in [0.1, 0.15) is 31.7 Å². The molecule has 1 aromatic carbocycles. The number of aryl methyl sites for hydroxylation is 1. The molecule has 0 heterocycles. The van der Waals surface area contributed by atoms with Crippen LogP contribution in [0, 0.1) is 5.41 Å². The SMILES string of the molecule is CC(CCc1ccccc1)NC(=O)NCC1(C(=O)O)CC1. The molecule has 2 rings (SSSR count). The molecule has 0 aliphatic heterocycles. The van der Waals surface area contributed by atoms with Crippen LogP contribution in [-0.2, 0) is 11.2 Å². The molecule has 1 unspecified atom stereocenters. The van der Waals surface area contributed by atoms with E-state index >= 15 is 0 Å². The molecule has 1 saturated carbocycles. The summed E-state index contributed by atoms with van der Waals surface area (Å²) in [6.45, 7) is 2.16. The largest absolute Gasteiger partial charge is 0.481 e. The molecular weight excluding hydrogens is 268 g/mol. The summed E-state index contributed by atoms with van der Waals surface area (Å²) in [5.41, 5.74) is 0.527. The average Bonchev–Trinajstić information content (AvgIpc) is 3.25. The molecule has 0 aromatic heterocycles. The summed E-state index contributed by atoms with van der Waals surface area (Å²) in [5.74, 6) is -0.820. The molecule has 1 aliphatic carbocycles. The summed E-state index contributed by atoms with van der Waals surface area (Å²) >= 11 is 0. The Balaban J connectivity index is 1.66. The fourth-order valence-electron chi connectivity index (χ4n) is 2.24. The lowest BCUT2D eigenvalue weighted by atomic mass is 10.1. The molecule has 0 spiro atoms.